The molecular weight excluding hydrogens is 252 g/mol. The highest BCUT2D eigenvalue weighted by Crippen LogP contribution is 2.29. The lowest BCUT2D eigenvalue weighted by molar-refractivity contribution is -0.123. The predicted octanol–water partition coefficient (Wildman–Crippen LogP) is 1.32. The van der Waals surface area contributed by atoms with Gasteiger partial charge in [0.25, 0.3) is 0 Å². The van der Waals surface area contributed by atoms with Crippen LogP contribution in [0.2, 0.25) is 5.02 Å². The Labute approximate surface area is 110 Å². The maximum Gasteiger partial charge on any atom is 0.242 e. The fraction of sp³-hybridized carbons (Fsp3) is 0.417. The van der Waals surface area contributed by atoms with Crippen molar-refractivity contribution in [1.29, 1.82) is 5.26 Å². The number of rotatable bonds is 2. The van der Waals surface area contributed by atoms with Gasteiger partial charge in [-0.05, 0) is 12.5 Å². The minimum Gasteiger partial charge on any atom is -0.353 e. The standard InChI is InChI=1S/C12H13ClN4O/c1-2-9-12(18)16-5-6-17(9)11-10(13)8(7-14)3-4-15-11/h3-4,9H,2,5-6H2,1H3,(H,16,18). The summed E-state index contributed by atoms with van der Waals surface area (Å²) in [5, 5.41) is 12.1. The van der Waals surface area contributed by atoms with Crippen LogP contribution in [0.25, 0.3) is 0 Å². The fourth-order valence-corrected chi connectivity index (χ4v) is 2.36. The molecule has 0 saturated carbocycles. The molecular formula is C12H13ClN4O. The first kappa shape index (κ1) is 12.7. The van der Waals surface area contributed by atoms with Gasteiger partial charge in [0.2, 0.25) is 5.91 Å². The lowest BCUT2D eigenvalue weighted by Crippen LogP contribution is -2.55. The van der Waals surface area contributed by atoms with Gasteiger partial charge in [0.15, 0.2) is 0 Å². The lowest BCUT2D eigenvalue weighted by atomic mass is 10.1. The van der Waals surface area contributed by atoms with E-state index in [1.807, 2.05) is 17.9 Å². The Kier molecular flexibility index (Phi) is 3.68. The van der Waals surface area contributed by atoms with Gasteiger partial charge in [-0.1, -0.05) is 18.5 Å². The Hall–Kier alpha value is -1.80. The monoisotopic (exact) mass is 264 g/mol. The zero-order valence-electron chi connectivity index (χ0n) is 9.98. The van der Waals surface area contributed by atoms with E-state index in [0.717, 1.165) is 0 Å². The van der Waals surface area contributed by atoms with Crippen molar-refractivity contribution in [3.8, 4) is 6.07 Å². The molecule has 94 valence electrons. The van der Waals surface area contributed by atoms with E-state index in [4.69, 9.17) is 16.9 Å². The molecule has 1 aromatic heterocycles. The van der Waals surface area contributed by atoms with Crippen molar-refractivity contribution in [2.45, 2.75) is 19.4 Å². The Morgan fingerprint density at radius 2 is 2.50 bits per heavy atom. The van der Waals surface area contributed by atoms with E-state index in [0.29, 0.717) is 35.9 Å². The first-order valence-electron chi connectivity index (χ1n) is 5.78. The molecule has 1 amide bonds. The molecule has 0 aliphatic carbocycles. The Bertz CT molecular complexity index is 511. The third-order valence-electron chi connectivity index (χ3n) is 2.98. The maximum absolute atomic E-state index is 11.8. The summed E-state index contributed by atoms with van der Waals surface area (Å²) >= 11 is 6.15. The number of amides is 1. The maximum atomic E-state index is 11.8. The normalized spacial score (nSPS) is 19.3. The number of nitrogens with one attached hydrogen (secondary N) is 1. The van der Waals surface area contributed by atoms with Gasteiger partial charge in [-0.3, -0.25) is 4.79 Å². The van der Waals surface area contributed by atoms with E-state index >= 15 is 0 Å². The van der Waals surface area contributed by atoms with Crippen molar-refractivity contribution >= 4 is 23.3 Å². The number of hydrogen-bond donors (Lipinski definition) is 1. The number of nitrogens with zero attached hydrogens (tertiary/aromatic N) is 3. The van der Waals surface area contributed by atoms with Gasteiger partial charge < -0.3 is 10.2 Å². The molecule has 0 spiro atoms. The topological polar surface area (TPSA) is 69.0 Å². The molecule has 1 aliphatic heterocycles. The van der Waals surface area contributed by atoms with Crippen LogP contribution in [0.4, 0.5) is 5.82 Å². The summed E-state index contributed by atoms with van der Waals surface area (Å²) in [4.78, 5) is 17.9. The van der Waals surface area contributed by atoms with Crippen LogP contribution in [0.3, 0.4) is 0 Å². The van der Waals surface area contributed by atoms with Crippen LogP contribution >= 0.6 is 11.6 Å². The zero-order chi connectivity index (χ0) is 13.1. The SMILES string of the molecule is CCC1C(=O)NCCN1c1nccc(C#N)c1Cl. The number of aromatic nitrogens is 1. The molecule has 1 saturated heterocycles. The van der Waals surface area contributed by atoms with E-state index < -0.39 is 0 Å². The summed E-state index contributed by atoms with van der Waals surface area (Å²) in [7, 11) is 0. The average Bonchev–Trinajstić information content (AvgIpc) is 2.39. The Balaban J connectivity index is 2.41. The van der Waals surface area contributed by atoms with Gasteiger partial charge >= 0.3 is 0 Å². The number of piperazine rings is 1. The van der Waals surface area contributed by atoms with Crippen LogP contribution in [0.1, 0.15) is 18.9 Å². The highest BCUT2D eigenvalue weighted by atomic mass is 35.5. The second-order valence-corrected chi connectivity index (χ2v) is 4.39. The quantitative estimate of drug-likeness (QED) is 0.875. The van der Waals surface area contributed by atoms with Gasteiger partial charge in [0, 0.05) is 19.3 Å². The van der Waals surface area contributed by atoms with Crippen molar-refractivity contribution in [3.05, 3.63) is 22.8 Å². The summed E-state index contributed by atoms with van der Waals surface area (Å²) in [6, 6.07) is 3.31. The molecule has 1 fully saturated rings. The predicted molar refractivity (Wildman–Crippen MR) is 68.4 cm³/mol. The molecule has 18 heavy (non-hydrogen) atoms. The molecule has 2 heterocycles. The second kappa shape index (κ2) is 5.23. The first-order chi connectivity index (χ1) is 8.69. The number of carbonyl (C=O) groups excluding carboxylic acids is 1. The van der Waals surface area contributed by atoms with Crippen molar-refractivity contribution in [3.63, 3.8) is 0 Å². The number of carbonyl (C=O) groups is 1. The van der Waals surface area contributed by atoms with Crippen LogP contribution in [0.15, 0.2) is 12.3 Å². The molecule has 0 aromatic carbocycles. The first-order valence-corrected chi connectivity index (χ1v) is 6.15. The number of pyridine rings is 1. The summed E-state index contributed by atoms with van der Waals surface area (Å²) < 4.78 is 0. The van der Waals surface area contributed by atoms with E-state index in [2.05, 4.69) is 10.3 Å². The van der Waals surface area contributed by atoms with Crippen LogP contribution in [-0.2, 0) is 4.79 Å². The van der Waals surface area contributed by atoms with E-state index in [9.17, 15) is 4.79 Å². The molecule has 1 atom stereocenters. The lowest BCUT2D eigenvalue weighted by Gasteiger charge is -2.35. The van der Waals surface area contributed by atoms with Crippen molar-refractivity contribution in [1.82, 2.24) is 10.3 Å². The van der Waals surface area contributed by atoms with Crippen LogP contribution in [0, 0.1) is 11.3 Å². The van der Waals surface area contributed by atoms with Crippen molar-refractivity contribution in [2.24, 2.45) is 0 Å². The highest BCUT2D eigenvalue weighted by Gasteiger charge is 2.30. The fourth-order valence-electron chi connectivity index (χ4n) is 2.09. The molecule has 6 heteroatoms. The molecule has 1 aliphatic rings. The average molecular weight is 265 g/mol. The van der Waals surface area contributed by atoms with Gasteiger partial charge in [-0.2, -0.15) is 5.26 Å². The summed E-state index contributed by atoms with van der Waals surface area (Å²) in [5.41, 5.74) is 0.377. The van der Waals surface area contributed by atoms with Crippen molar-refractivity contribution in [2.75, 3.05) is 18.0 Å². The van der Waals surface area contributed by atoms with Gasteiger partial charge in [0.1, 0.15) is 23.0 Å². The largest absolute Gasteiger partial charge is 0.353 e. The summed E-state index contributed by atoms with van der Waals surface area (Å²) in [6.45, 7) is 3.14. The number of halogens is 1. The number of nitriles is 1. The molecule has 5 nitrogen and oxygen atoms in total. The molecule has 0 bridgehead atoms. The third-order valence-corrected chi connectivity index (χ3v) is 3.35. The minimum absolute atomic E-state index is 0.0241. The Morgan fingerprint density at radius 3 is 3.17 bits per heavy atom. The van der Waals surface area contributed by atoms with Crippen molar-refractivity contribution < 1.29 is 4.79 Å². The highest BCUT2D eigenvalue weighted by molar-refractivity contribution is 6.34. The molecule has 1 aromatic rings. The van der Waals surface area contributed by atoms with E-state index in [1.165, 1.54) is 0 Å². The minimum atomic E-state index is -0.280. The zero-order valence-corrected chi connectivity index (χ0v) is 10.7. The van der Waals surface area contributed by atoms with Gasteiger partial charge in [-0.25, -0.2) is 4.98 Å². The Morgan fingerprint density at radius 1 is 1.72 bits per heavy atom. The number of hydrogen-bond acceptors (Lipinski definition) is 4. The van der Waals surface area contributed by atoms with Crippen LogP contribution in [-0.4, -0.2) is 30.0 Å². The van der Waals surface area contributed by atoms with Gasteiger partial charge in [0.05, 0.1) is 5.56 Å². The second-order valence-electron chi connectivity index (χ2n) is 4.02. The smallest absolute Gasteiger partial charge is 0.242 e. The molecule has 1 N–H and O–H groups in total. The van der Waals surface area contributed by atoms with Crippen LogP contribution < -0.4 is 10.2 Å². The summed E-state index contributed by atoms with van der Waals surface area (Å²) in [5.74, 6) is 0.487. The van der Waals surface area contributed by atoms with Crippen LogP contribution in [0.5, 0.6) is 0 Å². The molecule has 0 radical (unpaired) electrons. The number of anilines is 1. The van der Waals surface area contributed by atoms with E-state index in [-0.39, 0.29) is 11.9 Å². The third kappa shape index (κ3) is 2.12. The molecule has 1 unspecified atom stereocenters. The van der Waals surface area contributed by atoms with E-state index in [1.54, 1.807) is 12.3 Å². The van der Waals surface area contributed by atoms with Gasteiger partial charge in [-0.15, -0.1) is 0 Å². The summed E-state index contributed by atoms with van der Waals surface area (Å²) in [6.07, 6.45) is 2.21. The molecule has 2 rings (SSSR count).